The van der Waals surface area contributed by atoms with E-state index in [0.717, 1.165) is 23.2 Å². The summed E-state index contributed by atoms with van der Waals surface area (Å²) in [7, 11) is 0. The molecule has 0 radical (unpaired) electrons. The molecule has 0 fully saturated rings. The molecule has 0 saturated carbocycles. The summed E-state index contributed by atoms with van der Waals surface area (Å²) in [5.74, 6) is 0. The number of rotatable bonds is 3. The van der Waals surface area contributed by atoms with Crippen molar-refractivity contribution in [1.29, 1.82) is 0 Å². The molecule has 0 bridgehead atoms. The highest BCUT2D eigenvalue weighted by Gasteiger charge is 2.04. The standard InChI is InChI=1S/C13H18N2O/c1-4-5-9-14-13(16)15-12-10(2)7-6-8-11(12)3/h5-9H,4H2,1-3H3,(H2,14,15,16)/b9-5+. The lowest BCUT2D eigenvalue weighted by atomic mass is 10.1. The van der Waals surface area contributed by atoms with Gasteiger partial charge in [-0.1, -0.05) is 31.2 Å². The van der Waals surface area contributed by atoms with Gasteiger partial charge in [-0.3, -0.25) is 0 Å². The summed E-state index contributed by atoms with van der Waals surface area (Å²) in [6.45, 7) is 5.97. The summed E-state index contributed by atoms with van der Waals surface area (Å²) in [6, 6.07) is 5.72. The Labute approximate surface area is 96.6 Å². The van der Waals surface area contributed by atoms with Crippen molar-refractivity contribution in [3.63, 3.8) is 0 Å². The third kappa shape index (κ3) is 3.42. The average Bonchev–Trinajstić information content (AvgIpc) is 2.24. The number of allylic oxidation sites excluding steroid dienone is 1. The molecule has 1 aromatic rings. The average molecular weight is 218 g/mol. The van der Waals surface area contributed by atoms with E-state index in [0.29, 0.717) is 0 Å². The van der Waals surface area contributed by atoms with Crippen LogP contribution in [0.2, 0.25) is 0 Å². The van der Waals surface area contributed by atoms with Crippen molar-refractivity contribution in [3.05, 3.63) is 41.6 Å². The van der Waals surface area contributed by atoms with E-state index in [9.17, 15) is 4.79 Å². The van der Waals surface area contributed by atoms with E-state index >= 15 is 0 Å². The highest BCUT2D eigenvalue weighted by molar-refractivity contribution is 5.91. The molecule has 0 aromatic heterocycles. The number of amides is 2. The van der Waals surface area contributed by atoms with E-state index in [1.165, 1.54) is 0 Å². The van der Waals surface area contributed by atoms with Gasteiger partial charge < -0.3 is 10.6 Å². The molecule has 3 nitrogen and oxygen atoms in total. The first-order valence-corrected chi connectivity index (χ1v) is 5.44. The molecular weight excluding hydrogens is 200 g/mol. The zero-order valence-electron chi connectivity index (χ0n) is 10.0. The van der Waals surface area contributed by atoms with Crippen LogP contribution in [-0.4, -0.2) is 6.03 Å². The molecule has 16 heavy (non-hydrogen) atoms. The molecule has 0 heterocycles. The van der Waals surface area contributed by atoms with Crippen LogP contribution in [0.25, 0.3) is 0 Å². The second-order valence-corrected chi connectivity index (χ2v) is 3.68. The van der Waals surface area contributed by atoms with Crippen molar-refractivity contribution in [2.75, 3.05) is 5.32 Å². The Kier molecular flexibility index (Phi) is 4.58. The third-order valence-electron chi connectivity index (χ3n) is 2.29. The van der Waals surface area contributed by atoms with Crippen LogP contribution in [0.5, 0.6) is 0 Å². The molecule has 0 aliphatic rings. The predicted molar refractivity (Wildman–Crippen MR) is 67.5 cm³/mol. The number of hydrogen-bond acceptors (Lipinski definition) is 1. The maximum absolute atomic E-state index is 11.5. The van der Waals surface area contributed by atoms with Crippen LogP contribution in [0.4, 0.5) is 10.5 Å². The fraction of sp³-hybridized carbons (Fsp3) is 0.308. The normalized spacial score (nSPS) is 10.4. The van der Waals surface area contributed by atoms with Gasteiger partial charge >= 0.3 is 6.03 Å². The molecule has 0 saturated heterocycles. The number of urea groups is 1. The summed E-state index contributed by atoms with van der Waals surface area (Å²) in [4.78, 5) is 11.5. The molecule has 0 spiro atoms. The molecule has 2 amide bonds. The highest BCUT2D eigenvalue weighted by Crippen LogP contribution is 2.18. The fourth-order valence-electron chi connectivity index (χ4n) is 1.41. The molecule has 1 aromatic carbocycles. The monoisotopic (exact) mass is 218 g/mol. The SMILES string of the molecule is CC/C=C/NC(=O)Nc1c(C)cccc1C. The summed E-state index contributed by atoms with van der Waals surface area (Å²) in [5, 5.41) is 5.49. The van der Waals surface area contributed by atoms with Crippen LogP contribution in [-0.2, 0) is 0 Å². The van der Waals surface area contributed by atoms with E-state index in [2.05, 4.69) is 10.6 Å². The van der Waals surface area contributed by atoms with Gasteiger partial charge in [0.25, 0.3) is 0 Å². The van der Waals surface area contributed by atoms with Crippen molar-refractivity contribution in [2.24, 2.45) is 0 Å². The number of hydrogen-bond donors (Lipinski definition) is 2. The van der Waals surface area contributed by atoms with Crippen LogP contribution in [0.1, 0.15) is 24.5 Å². The van der Waals surface area contributed by atoms with Gasteiger partial charge in [0.15, 0.2) is 0 Å². The Morgan fingerprint density at radius 2 is 1.94 bits per heavy atom. The summed E-state index contributed by atoms with van der Waals surface area (Å²) in [6.07, 6.45) is 4.46. The minimum atomic E-state index is -0.206. The van der Waals surface area contributed by atoms with Gasteiger partial charge in [0.1, 0.15) is 0 Å². The number of aryl methyl sites for hydroxylation is 2. The minimum Gasteiger partial charge on any atom is -0.315 e. The number of anilines is 1. The zero-order valence-corrected chi connectivity index (χ0v) is 10.0. The van der Waals surface area contributed by atoms with Gasteiger partial charge in [-0.05, 0) is 31.4 Å². The lowest BCUT2D eigenvalue weighted by molar-refractivity contribution is 0.255. The lowest BCUT2D eigenvalue weighted by Crippen LogP contribution is -2.24. The first kappa shape index (κ1) is 12.3. The van der Waals surface area contributed by atoms with Crippen LogP contribution in [0, 0.1) is 13.8 Å². The van der Waals surface area contributed by atoms with E-state index in [4.69, 9.17) is 0 Å². The van der Waals surface area contributed by atoms with Crippen molar-refractivity contribution in [2.45, 2.75) is 27.2 Å². The van der Waals surface area contributed by atoms with Crippen molar-refractivity contribution in [3.8, 4) is 0 Å². The summed E-state index contributed by atoms with van der Waals surface area (Å²) < 4.78 is 0. The molecule has 1 rings (SSSR count). The number of carbonyl (C=O) groups is 1. The van der Waals surface area contributed by atoms with E-state index < -0.39 is 0 Å². The number of para-hydroxylation sites is 1. The molecule has 0 unspecified atom stereocenters. The topological polar surface area (TPSA) is 41.1 Å². The first-order valence-electron chi connectivity index (χ1n) is 5.44. The second-order valence-electron chi connectivity index (χ2n) is 3.68. The second kappa shape index (κ2) is 5.95. The van der Waals surface area contributed by atoms with E-state index in [1.54, 1.807) is 6.20 Å². The fourth-order valence-corrected chi connectivity index (χ4v) is 1.41. The van der Waals surface area contributed by atoms with Crippen molar-refractivity contribution < 1.29 is 4.79 Å². The Morgan fingerprint density at radius 3 is 2.50 bits per heavy atom. The first-order chi connectivity index (χ1) is 7.65. The van der Waals surface area contributed by atoms with Gasteiger partial charge in [0, 0.05) is 11.9 Å². The molecular formula is C13H18N2O. The molecule has 0 aliphatic carbocycles. The highest BCUT2D eigenvalue weighted by atomic mass is 16.2. The van der Waals surface area contributed by atoms with Crippen LogP contribution < -0.4 is 10.6 Å². The summed E-state index contributed by atoms with van der Waals surface area (Å²) in [5.41, 5.74) is 3.01. The van der Waals surface area contributed by atoms with Gasteiger partial charge in [-0.15, -0.1) is 0 Å². The maximum Gasteiger partial charge on any atom is 0.323 e. The number of nitrogens with one attached hydrogen (secondary N) is 2. The zero-order chi connectivity index (χ0) is 12.0. The third-order valence-corrected chi connectivity index (χ3v) is 2.29. The van der Waals surface area contributed by atoms with Gasteiger partial charge in [-0.2, -0.15) is 0 Å². The minimum absolute atomic E-state index is 0.206. The Bertz CT molecular complexity index is 377. The predicted octanol–water partition coefficient (Wildman–Crippen LogP) is 3.35. The smallest absolute Gasteiger partial charge is 0.315 e. The number of benzene rings is 1. The molecule has 0 aliphatic heterocycles. The van der Waals surface area contributed by atoms with Crippen LogP contribution in [0.3, 0.4) is 0 Å². The van der Waals surface area contributed by atoms with E-state index in [-0.39, 0.29) is 6.03 Å². The van der Waals surface area contributed by atoms with Gasteiger partial charge in [0.05, 0.1) is 0 Å². The van der Waals surface area contributed by atoms with Gasteiger partial charge in [-0.25, -0.2) is 4.79 Å². The molecule has 86 valence electrons. The molecule has 3 heteroatoms. The Morgan fingerprint density at radius 1 is 1.31 bits per heavy atom. The quantitative estimate of drug-likeness (QED) is 0.802. The lowest BCUT2D eigenvalue weighted by Gasteiger charge is -2.10. The molecule has 0 atom stereocenters. The number of carbonyl (C=O) groups excluding carboxylic acids is 1. The van der Waals surface area contributed by atoms with Gasteiger partial charge in [0.2, 0.25) is 0 Å². The van der Waals surface area contributed by atoms with E-state index in [1.807, 2.05) is 45.0 Å². The summed E-state index contributed by atoms with van der Waals surface area (Å²) >= 11 is 0. The Balaban J connectivity index is 2.66. The van der Waals surface area contributed by atoms with Crippen molar-refractivity contribution in [1.82, 2.24) is 5.32 Å². The van der Waals surface area contributed by atoms with Crippen molar-refractivity contribution >= 4 is 11.7 Å². The largest absolute Gasteiger partial charge is 0.323 e. The van der Waals surface area contributed by atoms with Crippen LogP contribution >= 0.6 is 0 Å². The van der Waals surface area contributed by atoms with Crippen LogP contribution in [0.15, 0.2) is 30.5 Å². The Hall–Kier alpha value is -1.77. The maximum atomic E-state index is 11.5. The molecule has 2 N–H and O–H groups in total.